The summed E-state index contributed by atoms with van der Waals surface area (Å²) in [7, 11) is -0.886. The molecule has 1 rings (SSSR count). The predicted molar refractivity (Wildman–Crippen MR) is 115 cm³/mol. The highest BCUT2D eigenvalue weighted by atomic mass is 28.3. The van der Waals surface area contributed by atoms with Crippen LogP contribution in [0.3, 0.4) is 0 Å². The Bertz CT molecular complexity index is 469. The average molecular weight is 399 g/mol. The van der Waals surface area contributed by atoms with E-state index in [1.165, 1.54) is 19.3 Å². The smallest absolute Gasteiger partial charge is 0.306 e. The Balaban J connectivity index is 2.52. The van der Waals surface area contributed by atoms with Crippen LogP contribution >= 0.6 is 0 Å². The van der Waals surface area contributed by atoms with Gasteiger partial charge in [0, 0.05) is 6.61 Å². The summed E-state index contributed by atoms with van der Waals surface area (Å²) in [5, 5.41) is 19.6. The summed E-state index contributed by atoms with van der Waals surface area (Å²) in [6.07, 6.45) is 12.3. The van der Waals surface area contributed by atoms with Crippen molar-refractivity contribution in [3.05, 3.63) is 12.2 Å². The van der Waals surface area contributed by atoms with Crippen molar-refractivity contribution >= 4 is 15.0 Å². The number of unbranched alkanes of at least 4 members (excludes halogenated alkanes) is 2. The van der Waals surface area contributed by atoms with E-state index >= 15 is 0 Å². The highest BCUT2D eigenvalue weighted by molar-refractivity contribution is 6.48. The molecule has 0 aliphatic heterocycles. The maximum atomic E-state index is 11.0. The molecule has 0 heterocycles. The second-order valence-corrected chi connectivity index (χ2v) is 12.2. The minimum absolute atomic E-state index is 0.138. The number of carboxylic acid groups (broad SMARTS) is 1. The molecule has 0 bridgehead atoms. The molecule has 1 aliphatic rings. The van der Waals surface area contributed by atoms with E-state index < -0.39 is 20.6 Å². The van der Waals surface area contributed by atoms with E-state index in [9.17, 15) is 9.90 Å². The lowest BCUT2D eigenvalue weighted by Gasteiger charge is -2.35. The number of aliphatic carboxylic acids is 1. The van der Waals surface area contributed by atoms with Gasteiger partial charge in [-0.2, -0.15) is 0 Å². The number of carboxylic acids is 1. The van der Waals surface area contributed by atoms with Crippen molar-refractivity contribution in [3.8, 4) is 0 Å². The van der Waals surface area contributed by atoms with E-state index in [0.717, 1.165) is 25.9 Å². The Labute approximate surface area is 168 Å². The van der Waals surface area contributed by atoms with Gasteiger partial charge in [0.25, 0.3) is 0 Å². The Kier molecular flexibility index (Phi) is 10.3. The van der Waals surface area contributed by atoms with E-state index in [0.29, 0.717) is 18.8 Å². The van der Waals surface area contributed by atoms with Gasteiger partial charge in [0.05, 0.1) is 12.0 Å². The molecule has 1 saturated carbocycles. The topological polar surface area (TPSA) is 66.8 Å². The van der Waals surface area contributed by atoms with E-state index in [2.05, 4.69) is 46.0 Å². The number of aliphatic hydroxyl groups is 1. The van der Waals surface area contributed by atoms with Crippen LogP contribution in [0.25, 0.3) is 0 Å². The fourth-order valence-corrected chi connectivity index (χ4v) is 4.70. The van der Waals surface area contributed by atoms with Gasteiger partial charge in [0.2, 0.25) is 0 Å². The van der Waals surface area contributed by atoms with Gasteiger partial charge in [-0.3, -0.25) is 4.79 Å². The van der Waals surface area contributed by atoms with Crippen molar-refractivity contribution in [2.45, 2.75) is 97.3 Å². The van der Waals surface area contributed by atoms with Crippen LogP contribution in [0.15, 0.2) is 12.2 Å². The summed E-state index contributed by atoms with van der Waals surface area (Å²) >= 11 is 0. The Hall–Kier alpha value is -0.653. The molecule has 0 aromatic rings. The molecule has 3 unspecified atom stereocenters. The van der Waals surface area contributed by atoms with Crippen molar-refractivity contribution in [3.63, 3.8) is 0 Å². The fraction of sp³-hybridized carbons (Fsp3) is 0.864. The summed E-state index contributed by atoms with van der Waals surface area (Å²) < 4.78 is 5.75. The van der Waals surface area contributed by atoms with Gasteiger partial charge in [0.15, 0.2) is 9.04 Å². The molecule has 0 saturated heterocycles. The molecule has 0 spiro atoms. The molecule has 0 aromatic heterocycles. The molecule has 3 atom stereocenters. The zero-order valence-electron chi connectivity index (χ0n) is 18.2. The molecule has 0 radical (unpaired) electrons. The van der Waals surface area contributed by atoms with Crippen LogP contribution in [0, 0.1) is 17.3 Å². The van der Waals surface area contributed by atoms with Gasteiger partial charge in [0.1, 0.15) is 0 Å². The second-order valence-electron chi connectivity index (χ2n) is 9.78. The lowest BCUT2D eigenvalue weighted by Crippen LogP contribution is -2.37. The maximum absolute atomic E-state index is 11.0. The molecular formula is C22H42O4Si. The molecule has 2 N–H and O–H groups in total. The van der Waals surface area contributed by atoms with Gasteiger partial charge in [-0.05, 0) is 68.9 Å². The van der Waals surface area contributed by atoms with Gasteiger partial charge in [-0.1, -0.05) is 45.8 Å². The van der Waals surface area contributed by atoms with E-state index in [4.69, 9.17) is 9.53 Å². The number of carbonyl (C=O) groups is 1. The number of hydrogen-bond acceptors (Lipinski definition) is 3. The Morgan fingerprint density at radius 1 is 1.30 bits per heavy atom. The summed E-state index contributed by atoms with van der Waals surface area (Å²) in [6.45, 7) is 12.2. The lowest BCUT2D eigenvalue weighted by molar-refractivity contribution is -0.144. The molecule has 4 nitrogen and oxygen atoms in total. The monoisotopic (exact) mass is 398 g/mol. The fourth-order valence-electron chi connectivity index (χ4n) is 4.06. The van der Waals surface area contributed by atoms with Gasteiger partial charge >= 0.3 is 5.97 Å². The summed E-state index contributed by atoms with van der Waals surface area (Å²) in [5.41, 5.74) is -0.820. The minimum Gasteiger partial charge on any atom is -0.481 e. The first kappa shape index (κ1) is 24.4. The molecule has 1 fully saturated rings. The third-order valence-corrected chi connectivity index (χ3v) is 6.58. The normalized spacial score (nSPS) is 25.2. The van der Waals surface area contributed by atoms with Crippen LogP contribution in [-0.4, -0.2) is 37.4 Å². The van der Waals surface area contributed by atoms with Crippen LogP contribution in [-0.2, 0) is 9.22 Å². The molecule has 0 aromatic carbocycles. The molecule has 0 amide bonds. The predicted octanol–water partition coefficient (Wildman–Crippen LogP) is 5.16. The highest BCUT2D eigenvalue weighted by Crippen LogP contribution is 2.37. The van der Waals surface area contributed by atoms with Crippen LogP contribution in [0.1, 0.15) is 78.6 Å². The molecule has 158 valence electrons. The molecular weight excluding hydrogens is 356 g/mol. The lowest BCUT2D eigenvalue weighted by atomic mass is 9.74. The van der Waals surface area contributed by atoms with Crippen LogP contribution in [0.5, 0.6) is 0 Å². The van der Waals surface area contributed by atoms with E-state index in [-0.39, 0.29) is 17.8 Å². The first-order chi connectivity index (χ1) is 12.5. The second kappa shape index (κ2) is 11.4. The van der Waals surface area contributed by atoms with Gasteiger partial charge in [-0.15, -0.1) is 0 Å². The number of rotatable bonds is 11. The maximum Gasteiger partial charge on any atom is 0.306 e. The third kappa shape index (κ3) is 10.5. The highest BCUT2D eigenvalue weighted by Gasteiger charge is 2.35. The number of allylic oxidation sites excluding steroid dienone is 2. The zero-order chi connectivity index (χ0) is 20.5. The standard InChI is InChI=1S/C22H42O4Si/c1-21(2,3)19(11-7-6-8-15-26-27(4)5)13-12-18-10-9-14-22(25,16-18)17-20(23)24/h12-13,18-19,25,27H,6-11,14-17H2,1-5H3,(H,23,24). The van der Waals surface area contributed by atoms with Crippen molar-refractivity contribution in [1.29, 1.82) is 0 Å². The zero-order valence-corrected chi connectivity index (χ0v) is 19.3. The van der Waals surface area contributed by atoms with Crippen molar-refractivity contribution in [1.82, 2.24) is 0 Å². The van der Waals surface area contributed by atoms with Crippen molar-refractivity contribution in [2.75, 3.05) is 6.61 Å². The first-order valence-electron chi connectivity index (χ1n) is 10.8. The van der Waals surface area contributed by atoms with Crippen molar-refractivity contribution < 1.29 is 19.4 Å². The van der Waals surface area contributed by atoms with Crippen LogP contribution in [0.2, 0.25) is 13.1 Å². The molecule has 1 aliphatic carbocycles. The molecule has 27 heavy (non-hydrogen) atoms. The Morgan fingerprint density at radius 3 is 2.59 bits per heavy atom. The van der Waals surface area contributed by atoms with Crippen LogP contribution in [0.4, 0.5) is 0 Å². The van der Waals surface area contributed by atoms with Gasteiger partial charge in [-0.25, -0.2) is 0 Å². The summed E-state index contributed by atoms with van der Waals surface area (Å²) in [5.74, 6) is -0.108. The Morgan fingerprint density at radius 2 is 2.00 bits per heavy atom. The van der Waals surface area contributed by atoms with E-state index in [1.54, 1.807) is 0 Å². The minimum atomic E-state index is -1.03. The first-order valence-corrected chi connectivity index (χ1v) is 13.5. The average Bonchev–Trinajstić information content (AvgIpc) is 2.50. The van der Waals surface area contributed by atoms with E-state index in [1.807, 2.05) is 0 Å². The third-order valence-electron chi connectivity index (χ3n) is 5.68. The summed E-state index contributed by atoms with van der Waals surface area (Å²) in [6, 6.07) is 0. The summed E-state index contributed by atoms with van der Waals surface area (Å²) in [4.78, 5) is 11.0. The molecule has 5 heteroatoms. The SMILES string of the molecule is C[SiH](C)OCCCCCC(C=CC1CCCC(O)(CC(=O)O)C1)C(C)(C)C. The van der Waals surface area contributed by atoms with Gasteiger partial charge < -0.3 is 14.6 Å². The number of hydrogen-bond donors (Lipinski definition) is 2. The van der Waals surface area contributed by atoms with Crippen molar-refractivity contribution in [2.24, 2.45) is 17.3 Å². The largest absolute Gasteiger partial charge is 0.481 e. The quantitative estimate of drug-likeness (QED) is 0.286. The van der Waals surface area contributed by atoms with Crippen LogP contribution < -0.4 is 0 Å².